The van der Waals surface area contributed by atoms with Crippen molar-refractivity contribution in [3.63, 3.8) is 0 Å². The second kappa shape index (κ2) is 12.9. The van der Waals surface area contributed by atoms with E-state index in [2.05, 4.69) is 16.0 Å². The number of fused-ring (bicyclic) bond motifs is 1. The number of anilines is 2. The number of carbonyl (C=O) groups is 3. The molecule has 0 saturated carbocycles. The second-order valence-corrected chi connectivity index (χ2v) is 10.5. The minimum atomic E-state index is -0.478. The van der Waals surface area contributed by atoms with Crippen molar-refractivity contribution in [1.82, 2.24) is 5.32 Å². The molecule has 0 saturated heterocycles. The van der Waals surface area contributed by atoms with Gasteiger partial charge in [-0.25, -0.2) is 0 Å². The SMILES string of the molecule is CC(Sc1cccc(NC(=O)/C(=C/c2ccccc2)NC(=O)c2ccccc2)c1)C(=O)Nc1ccc2c(c1)OCO2. The van der Waals surface area contributed by atoms with Crippen LogP contribution in [0.1, 0.15) is 22.8 Å². The van der Waals surface area contributed by atoms with E-state index < -0.39 is 17.1 Å². The quantitative estimate of drug-likeness (QED) is 0.171. The lowest BCUT2D eigenvalue weighted by atomic mass is 10.1. The van der Waals surface area contributed by atoms with Crippen molar-refractivity contribution >= 4 is 46.9 Å². The molecule has 1 aliphatic heterocycles. The van der Waals surface area contributed by atoms with Gasteiger partial charge in [-0.3, -0.25) is 14.4 Å². The maximum absolute atomic E-state index is 13.3. The zero-order chi connectivity index (χ0) is 28.6. The molecule has 0 radical (unpaired) electrons. The molecule has 1 heterocycles. The molecule has 0 aromatic heterocycles. The number of nitrogens with one attached hydrogen (secondary N) is 3. The molecule has 3 N–H and O–H groups in total. The van der Waals surface area contributed by atoms with Gasteiger partial charge in [0.2, 0.25) is 12.7 Å². The molecular formula is C32H27N3O5S. The summed E-state index contributed by atoms with van der Waals surface area (Å²) < 4.78 is 10.7. The van der Waals surface area contributed by atoms with Crippen LogP contribution in [-0.2, 0) is 9.59 Å². The third kappa shape index (κ3) is 7.34. The summed E-state index contributed by atoms with van der Waals surface area (Å²) in [6.45, 7) is 1.97. The minimum absolute atomic E-state index is 0.0968. The maximum Gasteiger partial charge on any atom is 0.272 e. The number of hydrogen-bond acceptors (Lipinski definition) is 6. The Morgan fingerprint density at radius 3 is 2.27 bits per heavy atom. The van der Waals surface area contributed by atoms with E-state index in [0.29, 0.717) is 28.4 Å². The summed E-state index contributed by atoms with van der Waals surface area (Å²) in [4.78, 5) is 39.8. The van der Waals surface area contributed by atoms with Gasteiger partial charge in [0.25, 0.3) is 11.8 Å². The van der Waals surface area contributed by atoms with Gasteiger partial charge in [0.05, 0.1) is 5.25 Å². The van der Waals surface area contributed by atoms with Crippen molar-refractivity contribution in [3.8, 4) is 11.5 Å². The van der Waals surface area contributed by atoms with E-state index in [4.69, 9.17) is 9.47 Å². The Bertz CT molecular complexity index is 1590. The van der Waals surface area contributed by atoms with Crippen LogP contribution >= 0.6 is 11.8 Å². The van der Waals surface area contributed by atoms with Gasteiger partial charge >= 0.3 is 0 Å². The van der Waals surface area contributed by atoms with Crippen LogP contribution < -0.4 is 25.4 Å². The second-order valence-electron chi connectivity index (χ2n) is 9.09. The lowest BCUT2D eigenvalue weighted by Crippen LogP contribution is -2.30. The van der Waals surface area contributed by atoms with Crippen molar-refractivity contribution in [1.29, 1.82) is 0 Å². The molecule has 4 aromatic carbocycles. The maximum atomic E-state index is 13.3. The number of carbonyl (C=O) groups excluding carboxylic acids is 3. The zero-order valence-electron chi connectivity index (χ0n) is 22.1. The van der Waals surface area contributed by atoms with E-state index in [0.717, 1.165) is 10.5 Å². The zero-order valence-corrected chi connectivity index (χ0v) is 22.9. The number of amides is 3. The Morgan fingerprint density at radius 1 is 0.780 bits per heavy atom. The fourth-order valence-corrected chi connectivity index (χ4v) is 4.91. The first-order valence-corrected chi connectivity index (χ1v) is 13.7. The highest BCUT2D eigenvalue weighted by Crippen LogP contribution is 2.34. The first-order chi connectivity index (χ1) is 19.9. The largest absolute Gasteiger partial charge is 0.454 e. The predicted octanol–water partition coefficient (Wildman–Crippen LogP) is 5.94. The molecule has 3 amide bonds. The van der Waals surface area contributed by atoms with Gasteiger partial charge in [0, 0.05) is 27.9 Å². The molecular weight excluding hydrogens is 538 g/mol. The van der Waals surface area contributed by atoms with Crippen molar-refractivity contribution in [2.75, 3.05) is 17.4 Å². The highest BCUT2D eigenvalue weighted by atomic mass is 32.2. The van der Waals surface area contributed by atoms with Gasteiger partial charge in [-0.1, -0.05) is 54.6 Å². The summed E-state index contributed by atoms with van der Waals surface area (Å²) in [5.41, 5.74) is 2.43. The van der Waals surface area contributed by atoms with Crippen LogP contribution in [0.2, 0.25) is 0 Å². The van der Waals surface area contributed by atoms with Crippen LogP contribution in [0.25, 0.3) is 6.08 Å². The van der Waals surface area contributed by atoms with E-state index in [1.54, 1.807) is 73.7 Å². The molecule has 1 atom stereocenters. The number of thioether (sulfide) groups is 1. The van der Waals surface area contributed by atoms with Gasteiger partial charge in [-0.15, -0.1) is 11.8 Å². The van der Waals surface area contributed by atoms with Crippen LogP contribution in [0.3, 0.4) is 0 Å². The lowest BCUT2D eigenvalue weighted by molar-refractivity contribution is -0.115. The average molecular weight is 566 g/mol. The van der Waals surface area contributed by atoms with E-state index in [-0.39, 0.29) is 18.4 Å². The van der Waals surface area contributed by atoms with Crippen LogP contribution in [0, 0.1) is 0 Å². The standard InChI is InChI=1S/C32H27N3O5S/c1-21(30(36)33-25-15-16-28-29(19-25)40-20-39-28)41-26-14-8-13-24(18-26)34-32(38)27(17-22-9-4-2-5-10-22)35-31(37)23-11-6-3-7-12-23/h2-19,21H,20H2,1H3,(H,33,36)(H,34,38)(H,35,37)/b27-17-. The monoisotopic (exact) mass is 565 g/mol. The van der Waals surface area contributed by atoms with Gasteiger partial charge < -0.3 is 25.4 Å². The highest BCUT2D eigenvalue weighted by Gasteiger charge is 2.19. The molecule has 0 spiro atoms. The minimum Gasteiger partial charge on any atom is -0.454 e. The predicted molar refractivity (Wildman–Crippen MR) is 160 cm³/mol. The fourth-order valence-electron chi connectivity index (χ4n) is 3.98. The fraction of sp³-hybridized carbons (Fsp3) is 0.0938. The summed E-state index contributed by atoms with van der Waals surface area (Å²) in [6.07, 6.45) is 1.62. The molecule has 8 nitrogen and oxygen atoms in total. The number of benzene rings is 4. The molecule has 0 bridgehead atoms. The number of rotatable bonds is 9. The molecule has 41 heavy (non-hydrogen) atoms. The van der Waals surface area contributed by atoms with Gasteiger partial charge in [-0.05, 0) is 61.0 Å². The summed E-state index contributed by atoms with van der Waals surface area (Å²) in [6, 6.07) is 30.4. The van der Waals surface area contributed by atoms with Crippen LogP contribution in [0.4, 0.5) is 11.4 Å². The lowest BCUT2D eigenvalue weighted by Gasteiger charge is -2.14. The van der Waals surface area contributed by atoms with Crippen LogP contribution in [0.5, 0.6) is 11.5 Å². The molecule has 9 heteroatoms. The third-order valence-electron chi connectivity index (χ3n) is 6.05. The van der Waals surface area contributed by atoms with Gasteiger partial charge in [0.1, 0.15) is 5.70 Å². The molecule has 0 fully saturated rings. The van der Waals surface area contributed by atoms with E-state index >= 15 is 0 Å². The van der Waals surface area contributed by atoms with Crippen molar-refractivity contribution < 1.29 is 23.9 Å². The Balaban J connectivity index is 1.26. The normalized spacial score (nSPS) is 12.8. The average Bonchev–Trinajstić information content (AvgIpc) is 3.46. The summed E-state index contributed by atoms with van der Waals surface area (Å²) in [7, 11) is 0. The Morgan fingerprint density at radius 2 is 1.49 bits per heavy atom. The molecule has 1 aliphatic rings. The first kappa shape index (κ1) is 27.5. The molecule has 0 aliphatic carbocycles. The van der Waals surface area contributed by atoms with Crippen molar-refractivity contribution in [2.24, 2.45) is 0 Å². The molecule has 4 aromatic rings. The smallest absolute Gasteiger partial charge is 0.272 e. The Labute approximate surface area is 241 Å². The first-order valence-electron chi connectivity index (χ1n) is 12.9. The van der Waals surface area contributed by atoms with Crippen LogP contribution in [-0.4, -0.2) is 29.8 Å². The molecule has 1 unspecified atom stereocenters. The number of hydrogen-bond donors (Lipinski definition) is 3. The van der Waals surface area contributed by atoms with E-state index in [9.17, 15) is 14.4 Å². The summed E-state index contributed by atoms with van der Waals surface area (Å²) in [5.74, 6) is 0.182. The Kier molecular flexibility index (Phi) is 8.66. The van der Waals surface area contributed by atoms with Gasteiger partial charge in [0.15, 0.2) is 11.5 Å². The van der Waals surface area contributed by atoms with Crippen LogP contribution in [0.15, 0.2) is 114 Å². The molecule has 5 rings (SSSR count). The summed E-state index contributed by atoms with van der Waals surface area (Å²) in [5, 5.41) is 8.07. The third-order valence-corrected chi connectivity index (χ3v) is 7.15. The van der Waals surface area contributed by atoms with Gasteiger partial charge in [-0.2, -0.15) is 0 Å². The van der Waals surface area contributed by atoms with E-state index in [1.807, 2.05) is 42.5 Å². The Hall–Kier alpha value is -5.02. The molecule has 206 valence electrons. The number of ether oxygens (including phenoxy) is 2. The topological polar surface area (TPSA) is 106 Å². The summed E-state index contributed by atoms with van der Waals surface area (Å²) >= 11 is 1.35. The highest BCUT2D eigenvalue weighted by molar-refractivity contribution is 8.00. The van der Waals surface area contributed by atoms with Crippen molar-refractivity contribution in [3.05, 3.63) is 120 Å². The van der Waals surface area contributed by atoms with E-state index in [1.165, 1.54) is 11.8 Å². The van der Waals surface area contributed by atoms with Crippen molar-refractivity contribution in [2.45, 2.75) is 17.1 Å².